The van der Waals surface area contributed by atoms with E-state index < -0.39 is 10.0 Å². The molecule has 0 radical (unpaired) electrons. The van der Waals surface area contributed by atoms with Gasteiger partial charge < -0.3 is 5.32 Å². The fourth-order valence-electron chi connectivity index (χ4n) is 3.39. The number of piperidine rings is 1. The van der Waals surface area contributed by atoms with E-state index in [0.717, 1.165) is 51.9 Å². The predicted octanol–water partition coefficient (Wildman–Crippen LogP) is 0.922. The molecule has 2 aliphatic heterocycles. The molecule has 0 bridgehead atoms. The van der Waals surface area contributed by atoms with E-state index in [1.54, 1.807) is 0 Å². The summed E-state index contributed by atoms with van der Waals surface area (Å²) in [6, 6.07) is 0.592. The molecule has 2 heterocycles. The van der Waals surface area contributed by atoms with Crippen LogP contribution in [0.25, 0.3) is 0 Å². The van der Waals surface area contributed by atoms with Crippen molar-refractivity contribution in [1.29, 1.82) is 0 Å². The Balaban J connectivity index is 1.74. The molecule has 0 aromatic heterocycles. The number of hydrogen-bond acceptors (Lipinski definition) is 4. The average Bonchev–Trinajstić information content (AvgIpc) is 2.81. The van der Waals surface area contributed by atoms with Gasteiger partial charge in [0, 0.05) is 18.6 Å². The smallest absolute Gasteiger partial charge is 0.211 e. The van der Waals surface area contributed by atoms with Gasteiger partial charge in [0.25, 0.3) is 0 Å². The summed E-state index contributed by atoms with van der Waals surface area (Å²) in [4.78, 5) is 2.46. The Morgan fingerprint density at radius 2 is 2.00 bits per heavy atom. The fourth-order valence-corrected chi connectivity index (χ4v) is 4.83. The maximum absolute atomic E-state index is 12.1. The first-order valence-corrected chi connectivity index (χ1v) is 9.72. The quantitative estimate of drug-likeness (QED) is 0.655. The van der Waals surface area contributed by atoms with E-state index in [0.29, 0.717) is 6.04 Å². The third kappa shape index (κ3) is 4.69. The summed E-state index contributed by atoms with van der Waals surface area (Å²) in [7, 11) is -3.11. The van der Waals surface area contributed by atoms with Gasteiger partial charge in [-0.25, -0.2) is 13.1 Å². The molecular formula is C14H29N3O2S. The fraction of sp³-hybridized carbons (Fsp3) is 1.00. The molecule has 0 aliphatic carbocycles. The maximum Gasteiger partial charge on any atom is 0.211 e. The molecule has 2 N–H and O–H groups in total. The minimum Gasteiger partial charge on any atom is -0.317 e. The van der Waals surface area contributed by atoms with Gasteiger partial charge >= 0.3 is 0 Å². The van der Waals surface area contributed by atoms with E-state index in [2.05, 4.69) is 21.9 Å². The molecule has 0 aromatic carbocycles. The minimum absolute atomic E-state index is 0.147. The van der Waals surface area contributed by atoms with Gasteiger partial charge in [-0.15, -0.1) is 0 Å². The molecule has 5 nitrogen and oxygen atoms in total. The molecule has 2 unspecified atom stereocenters. The number of nitrogens with zero attached hydrogens (tertiary/aromatic N) is 1. The first-order chi connectivity index (χ1) is 9.62. The molecular weight excluding hydrogens is 274 g/mol. The molecule has 2 atom stereocenters. The van der Waals surface area contributed by atoms with Crippen molar-refractivity contribution in [3.63, 3.8) is 0 Å². The topological polar surface area (TPSA) is 61.4 Å². The molecule has 2 saturated heterocycles. The maximum atomic E-state index is 12.1. The van der Waals surface area contributed by atoms with Crippen LogP contribution in [-0.2, 0) is 10.0 Å². The van der Waals surface area contributed by atoms with Crippen LogP contribution in [0, 0.1) is 0 Å². The zero-order valence-electron chi connectivity index (χ0n) is 12.6. The Labute approximate surface area is 123 Å². The van der Waals surface area contributed by atoms with E-state index in [9.17, 15) is 8.42 Å². The van der Waals surface area contributed by atoms with Crippen LogP contribution >= 0.6 is 0 Å². The lowest BCUT2D eigenvalue weighted by atomic mass is 10.00. The van der Waals surface area contributed by atoms with Crippen molar-refractivity contribution in [3.05, 3.63) is 0 Å². The standard InChI is InChI=1S/C14H29N3O2S/c1-2-15-9-4-6-12-20(18,19)16-13-8-11-17-10-5-3-7-14(13)17/h13-16H,2-12H2,1H3. The van der Waals surface area contributed by atoms with Gasteiger partial charge in [-0.1, -0.05) is 13.3 Å². The van der Waals surface area contributed by atoms with Gasteiger partial charge in [0.1, 0.15) is 0 Å². The summed E-state index contributed by atoms with van der Waals surface area (Å²) in [5.41, 5.74) is 0. The van der Waals surface area contributed by atoms with Gasteiger partial charge in [-0.2, -0.15) is 0 Å². The number of unbranched alkanes of at least 4 members (excludes halogenated alkanes) is 1. The number of nitrogens with one attached hydrogen (secondary N) is 2. The number of fused-ring (bicyclic) bond motifs is 1. The lowest BCUT2D eigenvalue weighted by Gasteiger charge is -2.32. The molecule has 2 fully saturated rings. The van der Waals surface area contributed by atoms with Gasteiger partial charge in [0.05, 0.1) is 5.75 Å². The molecule has 6 heteroatoms. The van der Waals surface area contributed by atoms with Gasteiger partial charge in [0.15, 0.2) is 0 Å². The van der Waals surface area contributed by atoms with Crippen LogP contribution in [0.4, 0.5) is 0 Å². The van der Waals surface area contributed by atoms with Crippen LogP contribution in [0.2, 0.25) is 0 Å². The van der Waals surface area contributed by atoms with Crippen LogP contribution in [0.3, 0.4) is 0 Å². The predicted molar refractivity (Wildman–Crippen MR) is 82.3 cm³/mol. The Bertz CT molecular complexity index is 386. The molecule has 0 spiro atoms. The summed E-state index contributed by atoms with van der Waals surface area (Å²) in [5.74, 6) is 0.265. The highest BCUT2D eigenvalue weighted by atomic mass is 32.2. The Morgan fingerprint density at radius 1 is 1.15 bits per heavy atom. The van der Waals surface area contributed by atoms with Crippen molar-refractivity contribution in [2.45, 2.75) is 57.5 Å². The first kappa shape index (κ1) is 16.2. The van der Waals surface area contributed by atoms with E-state index in [1.165, 1.54) is 12.8 Å². The van der Waals surface area contributed by atoms with Gasteiger partial charge in [-0.3, -0.25) is 4.90 Å². The van der Waals surface area contributed by atoms with E-state index in [-0.39, 0.29) is 11.8 Å². The number of hydrogen-bond donors (Lipinski definition) is 2. The van der Waals surface area contributed by atoms with Crippen molar-refractivity contribution in [3.8, 4) is 0 Å². The van der Waals surface area contributed by atoms with Crippen LogP contribution < -0.4 is 10.0 Å². The zero-order valence-corrected chi connectivity index (χ0v) is 13.4. The summed E-state index contributed by atoms with van der Waals surface area (Å²) < 4.78 is 27.2. The van der Waals surface area contributed by atoms with Crippen molar-refractivity contribution in [2.24, 2.45) is 0 Å². The molecule has 2 aliphatic rings. The largest absolute Gasteiger partial charge is 0.317 e. The average molecular weight is 303 g/mol. The van der Waals surface area contributed by atoms with Crippen molar-refractivity contribution in [2.75, 3.05) is 31.9 Å². The third-order valence-electron chi connectivity index (χ3n) is 4.45. The second kappa shape index (κ2) is 7.73. The highest BCUT2D eigenvalue weighted by Gasteiger charge is 2.37. The van der Waals surface area contributed by atoms with Crippen molar-refractivity contribution < 1.29 is 8.42 Å². The zero-order chi connectivity index (χ0) is 14.4. The normalized spacial score (nSPS) is 27.6. The van der Waals surface area contributed by atoms with Gasteiger partial charge in [-0.05, 0) is 51.7 Å². The van der Waals surface area contributed by atoms with Crippen molar-refractivity contribution in [1.82, 2.24) is 14.9 Å². The van der Waals surface area contributed by atoms with E-state index in [4.69, 9.17) is 0 Å². The number of rotatable bonds is 8. The Kier molecular flexibility index (Phi) is 6.26. The van der Waals surface area contributed by atoms with Crippen LogP contribution in [0.5, 0.6) is 0 Å². The molecule has 0 amide bonds. The van der Waals surface area contributed by atoms with Crippen LogP contribution in [0.15, 0.2) is 0 Å². The molecule has 20 heavy (non-hydrogen) atoms. The Morgan fingerprint density at radius 3 is 2.80 bits per heavy atom. The molecule has 0 aromatic rings. The lowest BCUT2D eigenvalue weighted by Crippen LogP contribution is -2.47. The SMILES string of the molecule is CCNCCCCS(=O)(=O)NC1CCN2CCCCC12. The van der Waals surface area contributed by atoms with Crippen LogP contribution in [-0.4, -0.2) is 57.3 Å². The second-order valence-electron chi connectivity index (χ2n) is 5.99. The summed E-state index contributed by atoms with van der Waals surface area (Å²) in [6.07, 6.45) is 6.29. The monoisotopic (exact) mass is 303 g/mol. The molecule has 118 valence electrons. The minimum atomic E-state index is -3.11. The number of sulfonamides is 1. The first-order valence-electron chi connectivity index (χ1n) is 8.07. The Hall–Kier alpha value is -0.170. The van der Waals surface area contributed by atoms with E-state index in [1.807, 2.05) is 0 Å². The molecule has 2 rings (SSSR count). The summed E-state index contributed by atoms with van der Waals surface area (Å²) in [5, 5.41) is 3.22. The van der Waals surface area contributed by atoms with Gasteiger partial charge in [0.2, 0.25) is 10.0 Å². The van der Waals surface area contributed by atoms with E-state index >= 15 is 0 Å². The second-order valence-corrected chi connectivity index (χ2v) is 7.87. The summed E-state index contributed by atoms with van der Waals surface area (Å²) in [6.45, 7) is 6.12. The highest BCUT2D eigenvalue weighted by molar-refractivity contribution is 7.89. The molecule has 0 saturated carbocycles. The summed E-state index contributed by atoms with van der Waals surface area (Å²) >= 11 is 0. The van der Waals surface area contributed by atoms with Crippen LogP contribution in [0.1, 0.15) is 45.4 Å². The lowest BCUT2D eigenvalue weighted by molar-refractivity contribution is 0.186. The highest BCUT2D eigenvalue weighted by Crippen LogP contribution is 2.27. The third-order valence-corrected chi connectivity index (χ3v) is 5.94. The van der Waals surface area contributed by atoms with Crippen molar-refractivity contribution >= 4 is 10.0 Å².